The smallest absolute Gasteiger partial charge is 0.239 e. The molecule has 2 aromatic rings. The van der Waals surface area contributed by atoms with E-state index in [1.54, 1.807) is 0 Å². The topological polar surface area (TPSA) is 49.6 Å². The Balaban J connectivity index is 0.00000196. The van der Waals surface area contributed by atoms with E-state index >= 15 is 0 Å². The van der Waals surface area contributed by atoms with E-state index in [1.165, 1.54) is 0 Å². The van der Waals surface area contributed by atoms with Gasteiger partial charge in [0.25, 0.3) is 0 Å². The largest absolute Gasteiger partial charge is 0.339 e. The van der Waals surface area contributed by atoms with Crippen LogP contribution in [0.25, 0.3) is 0 Å². The van der Waals surface area contributed by atoms with Crippen molar-refractivity contribution >= 4 is 42.3 Å². The predicted molar refractivity (Wildman–Crippen MR) is 121 cm³/mol. The molecular weight excluding hydrogens is 417 g/mol. The van der Waals surface area contributed by atoms with Gasteiger partial charge in [0.15, 0.2) is 0 Å². The minimum atomic E-state index is -0.482. The molecule has 1 fully saturated rings. The lowest BCUT2D eigenvalue weighted by atomic mass is 10.0. The van der Waals surface area contributed by atoms with Gasteiger partial charge in [-0.25, -0.2) is 0 Å². The average Bonchev–Trinajstić information content (AvgIpc) is 2.68. The number of halogens is 3. The lowest BCUT2D eigenvalue weighted by Crippen LogP contribution is -2.53. The third-order valence-electron chi connectivity index (χ3n) is 5.14. The fourth-order valence-electron chi connectivity index (χ4n) is 3.53. The number of amides is 1. The summed E-state index contributed by atoms with van der Waals surface area (Å²) in [5.74, 6) is 0.0406. The molecule has 3 rings (SSSR count). The van der Waals surface area contributed by atoms with E-state index in [4.69, 9.17) is 17.3 Å². The molecule has 2 unspecified atom stereocenters. The second-order valence-corrected chi connectivity index (χ2v) is 7.26. The van der Waals surface area contributed by atoms with Gasteiger partial charge >= 0.3 is 0 Å². The predicted octanol–water partition coefficient (Wildman–Crippen LogP) is 3.96. The third kappa shape index (κ3) is 6.10. The van der Waals surface area contributed by atoms with Crippen molar-refractivity contribution in [2.75, 3.05) is 26.2 Å². The van der Waals surface area contributed by atoms with Crippen LogP contribution < -0.4 is 5.73 Å². The van der Waals surface area contributed by atoms with Crippen LogP contribution in [0, 0.1) is 0 Å². The van der Waals surface area contributed by atoms with Crippen molar-refractivity contribution < 1.29 is 4.79 Å². The molecule has 0 aromatic heterocycles. The highest BCUT2D eigenvalue weighted by molar-refractivity contribution is 6.31. The quantitative estimate of drug-likeness (QED) is 0.759. The molecule has 2 aromatic carbocycles. The molecule has 7 heteroatoms. The number of carbonyl (C=O) groups excluding carboxylic acids is 1. The summed E-state index contributed by atoms with van der Waals surface area (Å²) in [6.07, 6.45) is 0.579. The van der Waals surface area contributed by atoms with Crippen LogP contribution in [-0.2, 0) is 11.2 Å². The summed E-state index contributed by atoms with van der Waals surface area (Å²) in [5.41, 5.74) is 8.39. The number of hydrogen-bond acceptors (Lipinski definition) is 3. The zero-order chi connectivity index (χ0) is 18.5. The highest BCUT2D eigenvalue weighted by Crippen LogP contribution is 2.27. The van der Waals surface area contributed by atoms with Gasteiger partial charge in [-0.15, -0.1) is 24.8 Å². The summed E-state index contributed by atoms with van der Waals surface area (Å²) >= 11 is 6.33. The van der Waals surface area contributed by atoms with Crippen molar-refractivity contribution in [1.82, 2.24) is 9.80 Å². The summed E-state index contributed by atoms with van der Waals surface area (Å²) in [6, 6.07) is 17.6. The minimum absolute atomic E-state index is 0. The molecule has 1 saturated heterocycles. The number of benzene rings is 2. The number of nitrogens with zero attached hydrogens (tertiary/aromatic N) is 2. The molecular formula is C21H28Cl3N3O. The van der Waals surface area contributed by atoms with Gasteiger partial charge in [0.1, 0.15) is 0 Å². The fraction of sp³-hybridized carbons (Fsp3) is 0.381. The molecule has 0 spiro atoms. The molecule has 4 nitrogen and oxygen atoms in total. The lowest BCUT2D eigenvalue weighted by molar-refractivity contribution is -0.134. The number of nitrogens with two attached hydrogens (primary N) is 1. The van der Waals surface area contributed by atoms with Crippen molar-refractivity contribution in [2.45, 2.75) is 25.4 Å². The maximum absolute atomic E-state index is 12.7. The Labute approximate surface area is 184 Å². The van der Waals surface area contributed by atoms with Crippen LogP contribution in [0.5, 0.6) is 0 Å². The Bertz CT molecular complexity index is 737. The average molecular weight is 445 g/mol. The molecule has 28 heavy (non-hydrogen) atoms. The van der Waals surface area contributed by atoms with E-state index in [-0.39, 0.29) is 36.8 Å². The summed E-state index contributed by atoms with van der Waals surface area (Å²) in [7, 11) is 0. The summed E-state index contributed by atoms with van der Waals surface area (Å²) < 4.78 is 0. The highest BCUT2D eigenvalue weighted by Gasteiger charge is 2.28. The van der Waals surface area contributed by atoms with E-state index in [9.17, 15) is 4.79 Å². The Morgan fingerprint density at radius 3 is 2.18 bits per heavy atom. The van der Waals surface area contributed by atoms with Crippen molar-refractivity contribution in [3.8, 4) is 0 Å². The van der Waals surface area contributed by atoms with Crippen LogP contribution in [0.2, 0.25) is 5.02 Å². The molecule has 1 amide bonds. The van der Waals surface area contributed by atoms with Gasteiger partial charge in [-0.1, -0.05) is 60.1 Å². The first-order chi connectivity index (χ1) is 12.6. The molecule has 1 heterocycles. The van der Waals surface area contributed by atoms with E-state index in [0.29, 0.717) is 19.5 Å². The van der Waals surface area contributed by atoms with Crippen LogP contribution in [0.15, 0.2) is 54.6 Å². The van der Waals surface area contributed by atoms with Crippen molar-refractivity contribution in [3.05, 3.63) is 70.7 Å². The minimum Gasteiger partial charge on any atom is -0.339 e. The molecule has 0 aliphatic carbocycles. The molecule has 154 valence electrons. The van der Waals surface area contributed by atoms with Gasteiger partial charge in [0.2, 0.25) is 5.91 Å². The second kappa shape index (κ2) is 11.6. The first-order valence-electron chi connectivity index (χ1n) is 9.13. The molecule has 1 aliphatic heterocycles. The third-order valence-corrected chi connectivity index (χ3v) is 5.49. The summed E-state index contributed by atoms with van der Waals surface area (Å²) in [4.78, 5) is 16.9. The van der Waals surface area contributed by atoms with E-state index < -0.39 is 6.04 Å². The van der Waals surface area contributed by atoms with Crippen LogP contribution in [0.3, 0.4) is 0 Å². The van der Waals surface area contributed by atoms with Crippen LogP contribution in [-0.4, -0.2) is 47.9 Å². The number of piperazine rings is 1. The number of carbonyl (C=O) groups is 1. The molecule has 0 radical (unpaired) electrons. The van der Waals surface area contributed by atoms with Crippen molar-refractivity contribution in [1.29, 1.82) is 0 Å². The maximum atomic E-state index is 12.7. The Kier molecular flexibility index (Phi) is 10.3. The SMILES string of the molecule is CC(c1ccccc1Cl)N1CCN(C(=O)C(N)Cc2ccccc2)CC1.Cl.Cl. The van der Waals surface area contributed by atoms with Gasteiger partial charge in [-0.05, 0) is 30.5 Å². The van der Waals surface area contributed by atoms with Crippen LogP contribution in [0.1, 0.15) is 24.1 Å². The fourth-order valence-corrected chi connectivity index (χ4v) is 3.82. The Hall–Kier alpha value is -1.30. The van der Waals surface area contributed by atoms with Gasteiger partial charge < -0.3 is 10.6 Å². The monoisotopic (exact) mass is 443 g/mol. The highest BCUT2D eigenvalue weighted by atomic mass is 35.5. The van der Waals surface area contributed by atoms with Gasteiger partial charge in [-0.2, -0.15) is 0 Å². The normalized spacial score (nSPS) is 16.5. The second-order valence-electron chi connectivity index (χ2n) is 6.85. The Morgan fingerprint density at radius 1 is 1.00 bits per heavy atom. The summed E-state index contributed by atoms with van der Waals surface area (Å²) in [6.45, 7) is 5.23. The molecule has 0 bridgehead atoms. The number of rotatable bonds is 5. The number of hydrogen-bond donors (Lipinski definition) is 1. The maximum Gasteiger partial charge on any atom is 0.239 e. The standard InChI is InChI=1S/C21H26ClN3O.2ClH/c1-16(18-9-5-6-10-19(18)22)24-11-13-25(14-12-24)21(26)20(23)15-17-7-3-2-4-8-17;;/h2-10,16,20H,11-15,23H2,1H3;2*1H. The van der Waals surface area contributed by atoms with Crippen LogP contribution in [0.4, 0.5) is 0 Å². The molecule has 2 N–H and O–H groups in total. The molecule has 2 atom stereocenters. The molecule has 1 aliphatic rings. The van der Waals surface area contributed by atoms with Crippen molar-refractivity contribution in [3.63, 3.8) is 0 Å². The lowest BCUT2D eigenvalue weighted by Gasteiger charge is -2.39. The summed E-state index contributed by atoms with van der Waals surface area (Å²) in [5, 5.41) is 0.795. The van der Waals surface area contributed by atoms with E-state index in [0.717, 1.165) is 29.2 Å². The van der Waals surface area contributed by atoms with Gasteiger partial charge in [0, 0.05) is 37.2 Å². The molecule has 0 saturated carbocycles. The first-order valence-corrected chi connectivity index (χ1v) is 9.51. The zero-order valence-corrected chi connectivity index (χ0v) is 18.3. The van der Waals surface area contributed by atoms with E-state index in [1.807, 2.05) is 53.4 Å². The van der Waals surface area contributed by atoms with Gasteiger partial charge in [0.05, 0.1) is 6.04 Å². The van der Waals surface area contributed by atoms with Gasteiger partial charge in [-0.3, -0.25) is 9.69 Å². The Morgan fingerprint density at radius 2 is 1.57 bits per heavy atom. The zero-order valence-electron chi connectivity index (χ0n) is 16.0. The van der Waals surface area contributed by atoms with Crippen molar-refractivity contribution in [2.24, 2.45) is 5.73 Å². The van der Waals surface area contributed by atoms with Crippen LogP contribution >= 0.6 is 36.4 Å². The first kappa shape index (κ1) is 24.7. The van der Waals surface area contributed by atoms with E-state index in [2.05, 4.69) is 17.9 Å².